The van der Waals surface area contributed by atoms with E-state index in [1.165, 1.54) is 14.2 Å². The maximum absolute atomic E-state index is 13.7. The number of carbonyl (C=O) groups excluding carboxylic acids is 2. The topological polar surface area (TPSA) is 69.7 Å². The molecule has 0 bridgehead atoms. The van der Waals surface area contributed by atoms with E-state index in [1.807, 2.05) is 26.8 Å². The van der Waals surface area contributed by atoms with E-state index in [9.17, 15) is 14.2 Å². The molecule has 0 saturated heterocycles. The van der Waals surface area contributed by atoms with Crippen LogP contribution in [0.25, 0.3) is 0 Å². The third kappa shape index (κ3) is 4.40. The summed E-state index contributed by atoms with van der Waals surface area (Å²) in [5.41, 5.74) is 3.59. The summed E-state index contributed by atoms with van der Waals surface area (Å²) in [5.74, 6) is -0.595. The fourth-order valence-electron chi connectivity index (χ4n) is 4.03. The summed E-state index contributed by atoms with van der Waals surface area (Å²) >= 11 is 13.2. The number of benzene rings is 3. The molecular formula is C26H25Cl2O5P. The Kier molecular flexibility index (Phi) is 7.92. The first-order valence-electron chi connectivity index (χ1n) is 10.5. The summed E-state index contributed by atoms with van der Waals surface area (Å²) < 4.78 is 24.7. The first kappa shape index (κ1) is 26.0. The van der Waals surface area contributed by atoms with Crippen LogP contribution in [0.1, 0.15) is 48.5 Å². The van der Waals surface area contributed by atoms with E-state index in [0.29, 0.717) is 11.1 Å². The van der Waals surface area contributed by atoms with Crippen molar-refractivity contribution in [1.29, 1.82) is 0 Å². The molecule has 0 radical (unpaired) electrons. The van der Waals surface area contributed by atoms with Crippen LogP contribution in [0.5, 0.6) is 11.5 Å². The minimum Gasteiger partial charge on any atom is -0.494 e. The first-order chi connectivity index (χ1) is 16.1. The number of carbonyl (C=O) groups is 2. The number of rotatable bonds is 7. The number of aryl methyl sites for hydroxylation is 2. The van der Waals surface area contributed by atoms with Gasteiger partial charge in [-0.05, 0) is 49.9 Å². The van der Waals surface area contributed by atoms with Gasteiger partial charge in [-0.1, -0.05) is 59.6 Å². The number of ketones is 1. The van der Waals surface area contributed by atoms with Crippen LogP contribution in [0.2, 0.25) is 10.0 Å². The Balaban J connectivity index is 2.26. The molecule has 0 aliphatic rings. The van der Waals surface area contributed by atoms with Crippen molar-refractivity contribution in [3.8, 4) is 11.5 Å². The molecule has 1 unspecified atom stereocenters. The predicted molar refractivity (Wildman–Crippen MR) is 138 cm³/mol. The second-order valence-electron chi connectivity index (χ2n) is 7.93. The summed E-state index contributed by atoms with van der Waals surface area (Å²) in [6, 6.07) is 10.3. The Hall–Kier alpha value is -2.59. The van der Waals surface area contributed by atoms with Gasteiger partial charge >= 0.3 is 0 Å². The maximum Gasteiger partial charge on any atom is 0.223 e. The van der Waals surface area contributed by atoms with E-state index < -0.39 is 19.1 Å². The van der Waals surface area contributed by atoms with Crippen molar-refractivity contribution in [3.05, 3.63) is 85.4 Å². The van der Waals surface area contributed by atoms with Crippen molar-refractivity contribution >= 4 is 47.6 Å². The van der Waals surface area contributed by atoms with Crippen LogP contribution < -0.4 is 14.8 Å². The van der Waals surface area contributed by atoms with Crippen LogP contribution in [-0.2, 0) is 4.57 Å². The predicted octanol–water partition coefficient (Wildman–Crippen LogP) is 6.50. The largest absolute Gasteiger partial charge is 0.494 e. The second-order valence-corrected chi connectivity index (χ2v) is 10.3. The first-order valence-corrected chi connectivity index (χ1v) is 12.6. The molecule has 0 N–H and O–H groups in total. The summed E-state index contributed by atoms with van der Waals surface area (Å²) in [6.07, 6.45) is 0. The summed E-state index contributed by atoms with van der Waals surface area (Å²) in [6.45, 7) is 7.50. The van der Waals surface area contributed by atoms with Gasteiger partial charge in [-0.15, -0.1) is 0 Å². The van der Waals surface area contributed by atoms with Gasteiger partial charge in [0.25, 0.3) is 0 Å². The van der Waals surface area contributed by atoms with Crippen molar-refractivity contribution in [2.24, 2.45) is 0 Å². The van der Waals surface area contributed by atoms with E-state index in [-0.39, 0.29) is 32.4 Å². The Morgan fingerprint density at radius 3 is 1.82 bits per heavy atom. The smallest absolute Gasteiger partial charge is 0.223 e. The average molecular weight is 519 g/mol. The molecule has 0 heterocycles. The fourth-order valence-corrected chi connectivity index (χ4v) is 6.65. The van der Waals surface area contributed by atoms with Gasteiger partial charge in [0.15, 0.2) is 25.1 Å². The molecule has 0 spiro atoms. The van der Waals surface area contributed by atoms with Crippen LogP contribution in [0.15, 0.2) is 36.4 Å². The summed E-state index contributed by atoms with van der Waals surface area (Å²) in [7, 11) is -0.583. The molecule has 34 heavy (non-hydrogen) atoms. The minimum absolute atomic E-state index is 0.0448. The molecule has 0 aromatic heterocycles. The van der Waals surface area contributed by atoms with Crippen molar-refractivity contribution < 1.29 is 23.6 Å². The van der Waals surface area contributed by atoms with Gasteiger partial charge in [0.05, 0.1) is 29.8 Å². The van der Waals surface area contributed by atoms with E-state index >= 15 is 0 Å². The quantitative estimate of drug-likeness (QED) is 0.263. The second kappa shape index (κ2) is 10.4. The zero-order valence-electron chi connectivity index (χ0n) is 19.8. The molecule has 0 fully saturated rings. The van der Waals surface area contributed by atoms with Crippen molar-refractivity contribution in [1.82, 2.24) is 0 Å². The van der Waals surface area contributed by atoms with Gasteiger partial charge in [-0.2, -0.15) is 0 Å². The van der Waals surface area contributed by atoms with Crippen LogP contribution in [-0.4, -0.2) is 25.5 Å². The molecule has 0 amide bonds. The van der Waals surface area contributed by atoms with Crippen LogP contribution >= 0.6 is 31.0 Å². The van der Waals surface area contributed by atoms with Crippen LogP contribution in [0.4, 0.5) is 0 Å². The number of ether oxygens (including phenoxy) is 2. The van der Waals surface area contributed by atoms with E-state index in [4.69, 9.17) is 32.7 Å². The van der Waals surface area contributed by atoms with Crippen molar-refractivity contribution in [2.45, 2.75) is 27.7 Å². The van der Waals surface area contributed by atoms with Crippen molar-refractivity contribution in [2.75, 3.05) is 14.2 Å². The van der Waals surface area contributed by atoms with Crippen LogP contribution in [0, 0.1) is 27.7 Å². The van der Waals surface area contributed by atoms with Gasteiger partial charge in [0.2, 0.25) is 5.52 Å². The molecule has 8 heteroatoms. The highest BCUT2D eigenvalue weighted by Crippen LogP contribution is 2.46. The van der Waals surface area contributed by atoms with Gasteiger partial charge in [0, 0.05) is 11.1 Å². The van der Waals surface area contributed by atoms with Crippen LogP contribution in [0.3, 0.4) is 0 Å². The Morgan fingerprint density at radius 1 is 0.794 bits per heavy atom. The maximum atomic E-state index is 13.7. The lowest BCUT2D eigenvalue weighted by Gasteiger charge is -2.20. The van der Waals surface area contributed by atoms with E-state index in [2.05, 4.69) is 0 Å². The lowest BCUT2D eigenvalue weighted by Crippen LogP contribution is -2.17. The molecule has 5 nitrogen and oxygen atoms in total. The number of halogens is 2. The highest BCUT2D eigenvalue weighted by molar-refractivity contribution is 7.72. The summed E-state index contributed by atoms with van der Waals surface area (Å²) in [4.78, 5) is 26.7. The minimum atomic E-state index is -3.22. The summed E-state index contributed by atoms with van der Waals surface area (Å²) in [5, 5.41) is -0.301. The lowest BCUT2D eigenvalue weighted by atomic mass is 9.95. The normalized spacial score (nSPS) is 11.8. The Morgan fingerprint density at radius 2 is 1.32 bits per heavy atom. The molecule has 178 valence electrons. The molecule has 0 aliphatic carbocycles. The SMILES string of the molecule is COc1c(Cl)c(C(=O)c2ccccc2)c(Cl)c(OC)c1[PH](=O)C(=O)c1c(C)cc(C)c(C)c1C. The molecule has 3 aromatic carbocycles. The van der Waals surface area contributed by atoms with Gasteiger partial charge in [0.1, 0.15) is 5.30 Å². The van der Waals surface area contributed by atoms with E-state index in [1.54, 1.807) is 37.3 Å². The standard InChI is InChI=1S/C26H25Cl2O5P/c1-13-12-14(2)18(16(4)15(13)3)26(30)34(31)25-23(32-5)20(27)19(21(28)24(25)33-6)22(29)17-10-8-7-9-11-17/h7-12,34H,1-6H3. The zero-order chi connectivity index (χ0) is 25.3. The number of methoxy groups -OCH3 is 2. The van der Waals surface area contributed by atoms with E-state index in [0.717, 1.165) is 22.3 Å². The molecule has 3 rings (SSSR count). The average Bonchev–Trinajstić information content (AvgIpc) is 2.82. The Labute approximate surface area is 209 Å². The van der Waals surface area contributed by atoms with Crippen molar-refractivity contribution in [3.63, 3.8) is 0 Å². The zero-order valence-corrected chi connectivity index (χ0v) is 22.3. The third-order valence-electron chi connectivity index (χ3n) is 5.98. The molecule has 0 aliphatic heterocycles. The molecule has 0 saturated carbocycles. The van der Waals surface area contributed by atoms with Gasteiger partial charge < -0.3 is 14.0 Å². The molecule has 3 aromatic rings. The lowest BCUT2D eigenvalue weighted by molar-refractivity contribution is 0.103. The number of hydrogen-bond donors (Lipinski definition) is 0. The fraction of sp³-hybridized carbons (Fsp3) is 0.231. The third-order valence-corrected chi connectivity index (χ3v) is 8.27. The molecular weight excluding hydrogens is 494 g/mol. The van der Waals surface area contributed by atoms with Gasteiger partial charge in [-0.25, -0.2) is 0 Å². The number of hydrogen-bond acceptors (Lipinski definition) is 5. The monoisotopic (exact) mass is 518 g/mol. The highest BCUT2D eigenvalue weighted by Gasteiger charge is 2.34. The molecule has 1 atom stereocenters. The van der Waals surface area contributed by atoms with Gasteiger partial charge in [-0.3, -0.25) is 9.59 Å². The Bertz CT molecular complexity index is 1300. The highest BCUT2D eigenvalue weighted by atomic mass is 35.5.